The number of rotatable bonds is 3. The molecule has 0 saturated carbocycles. The molecule has 0 N–H and O–H groups in total. The van der Waals surface area contributed by atoms with Crippen LogP contribution in [0.4, 0.5) is 11.4 Å². The highest BCUT2D eigenvalue weighted by Crippen LogP contribution is 2.37. The Balaban J connectivity index is 2.56. The van der Waals surface area contributed by atoms with E-state index < -0.39 is 14.8 Å². The molecular formula is C14H20N2O4S. The number of nitro groups is 1. The molecule has 0 spiro atoms. The van der Waals surface area contributed by atoms with Gasteiger partial charge in [-0.05, 0) is 30.4 Å². The van der Waals surface area contributed by atoms with Crippen LogP contribution in [0.2, 0.25) is 0 Å². The van der Waals surface area contributed by atoms with E-state index in [1.807, 2.05) is 4.90 Å². The molecule has 1 fully saturated rings. The van der Waals surface area contributed by atoms with Crippen molar-refractivity contribution in [2.75, 3.05) is 24.2 Å². The molecule has 0 radical (unpaired) electrons. The molecular weight excluding hydrogens is 292 g/mol. The Bertz CT molecular complexity index is 647. The van der Waals surface area contributed by atoms with Crippen LogP contribution in [-0.4, -0.2) is 32.7 Å². The second kappa shape index (κ2) is 5.63. The second-order valence-corrected chi connectivity index (χ2v) is 7.99. The van der Waals surface area contributed by atoms with Gasteiger partial charge in [0.15, 0.2) is 9.84 Å². The van der Waals surface area contributed by atoms with E-state index in [2.05, 4.69) is 13.8 Å². The van der Waals surface area contributed by atoms with Crippen molar-refractivity contribution in [3.05, 3.63) is 28.3 Å². The number of benzene rings is 1. The van der Waals surface area contributed by atoms with Crippen molar-refractivity contribution in [1.82, 2.24) is 0 Å². The van der Waals surface area contributed by atoms with Crippen LogP contribution >= 0.6 is 0 Å². The van der Waals surface area contributed by atoms with Gasteiger partial charge in [0.05, 0.1) is 4.92 Å². The zero-order valence-electron chi connectivity index (χ0n) is 12.4. The molecule has 1 aliphatic rings. The van der Waals surface area contributed by atoms with Crippen LogP contribution in [-0.2, 0) is 9.84 Å². The highest BCUT2D eigenvalue weighted by Gasteiger charge is 2.31. The number of piperidine rings is 1. The first-order valence-corrected chi connectivity index (χ1v) is 8.81. The SMILES string of the molecule is CC1CC(C)CN(c2cccc(S(C)(=O)=O)c2[N+](=O)[O-])C1. The Morgan fingerprint density at radius 3 is 2.29 bits per heavy atom. The minimum absolute atomic E-state index is 0.212. The topological polar surface area (TPSA) is 80.5 Å². The van der Waals surface area contributed by atoms with Crippen LogP contribution in [0.3, 0.4) is 0 Å². The molecule has 1 aromatic rings. The molecule has 2 rings (SSSR count). The molecule has 0 aromatic heterocycles. The molecule has 2 unspecified atom stereocenters. The van der Waals surface area contributed by atoms with E-state index in [0.29, 0.717) is 30.6 Å². The van der Waals surface area contributed by atoms with Gasteiger partial charge in [-0.1, -0.05) is 19.9 Å². The van der Waals surface area contributed by atoms with Gasteiger partial charge in [0.25, 0.3) is 0 Å². The van der Waals surface area contributed by atoms with E-state index in [1.165, 1.54) is 6.07 Å². The predicted molar refractivity (Wildman–Crippen MR) is 81.4 cm³/mol. The fourth-order valence-electron chi connectivity index (χ4n) is 3.11. The summed E-state index contributed by atoms with van der Waals surface area (Å²) in [6.07, 6.45) is 2.08. The summed E-state index contributed by atoms with van der Waals surface area (Å²) >= 11 is 0. The first-order valence-electron chi connectivity index (χ1n) is 6.92. The lowest BCUT2D eigenvalue weighted by molar-refractivity contribution is -0.387. The largest absolute Gasteiger partial charge is 0.365 e. The molecule has 116 valence electrons. The third-order valence-electron chi connectivity index (χ3n) is 3.77. The number of nitrogens with zero attached hydrogens (tertiary/aromatic N) is 2. The third-order valence-corrected chi connectivity index (χ3v) is 4.90. The van der Waals surface area contributed by atoms with Gasteiger partial charge in [0.1, 0.15) is 10.6 Å². The molecule has 0 amide bonds. The molecule has 6 nitrogen and oxygen atoms in total. The number of para-hydroxylation sites is 1. The minimum Gasteiger partial charge on any atom is -0.365 e. The van der Waals surface area contributed by atoms with Gasteiger partial charge in [-0.15, -0.1) is 0 Å². The molecule has 1 saturated heterocycles. The van der Waals surface area contributed by atoms with E-state index in [9.17, 15) is 18.5 Å². The summed E-state index contributed by atoms with van der Waals surface area (Å²) in [5, 5.41) is 11.4. The minimum atomic E-state index is -3.64. The normalized spacial score (nSPS) is 23.1. The molecule has 1 heterocycles. The van der Waals surface area contributed by atoms with Crippen LogP contribution in [0.15, 0.2) is 23.1 Å². The zero-order valence-corrected chi connectivity index (χ0v) is 13.3. The van der Waals surface area contributed by atoms with Gasteiger partial charge in [0.2, 0.25) is 0 Å². The van der Waals surface area contributed by atoms with Crippen LogP contribution in [0.25, 0.3) is 0 Å². The summed E-state index contributed by atoms with van der Waals surface area (Å²) in [6.45, 7) is 5.63. The first-order chi connectivity index (χ1) is 9.70. The van der Waals surface area contributed by atoms with Gasteiger partial charge in [-0.25, -0.2) is 8.42 Å². The lowest BCUT2D eigenvalue weighted by Gasteiger charge is -2.36. The Labute approximate surface area is 124 Å². The van der Waals surface area contributed by atoms with Crippen molar-refractivity contribution in [1.29, 1.82) is 0 Å². The average molecular weight is 312 g/mol. The lowest BCUT2D eigenvalue weighted by Crippen LogP contribution is -2.39. The maximum absolute atomic E-state index is 11.8. The van der Waals surface area contributed by atoms with Gasteiger partial charge in [-0.3, -0.25) is 10.1 Å². The number of hydrogen-bond acceptors (Lipinski definition) is 5. The summed E-state index contributed by atoms with van der Waals surface area (Å²) in [5.41, 5.74) is 0.0997. The highest BCUT2D eigenvalue weighted by molar-refractivity contribution is 7.90. The summed E-state index contributed by atoms with van der Waals surface area (Å²) < 4.78 is 23.6. The van der Waals surface area contributed by atoms with E-state index in [-0.39, 0.29) is 10.6 Å². The van der Waals surface area contributed by atoms with Gasteiger partial charge in [0, 0.05) is 19.3 Å². The van der Waals surface area contributed by atoms with Gasteiger partial charge >= 0.3 is 5.69 Å². The van der Waals surface area contributed by atoms with Crippen LogP contribution in [0, 0.1) is 22.0 Å². The third kappa shape index (κ3) is 3.34. The van der Waals surface area contributed by atoms with Crippen molar-refractivity contribution < 1.29 is 13.3 Å². The van der Waals surface area contributed by atoms with E-state index >= 15 is 0 Å². The van der Waals surface area contributed by atoms with Crippen molar-refractivity contribution in [2.24, 2.45) is 11.8 Å². The highest BCUT2D eigenvalue weighted by atomic mass is 32.2. The summed E-state index contributed by atoms with van der Waals surface area (Å²) in [7, 11) is -3.64. The van der Waals surface area contributed by atoms with Crippen LogP contribution < -0.4 is 4.90 Å². The fraction of sp³-hybridized carbons (Fsp3) is 0.571. The van der Waals surface area contributed by atoms with Crippen LogP contribution in [0.1, 0.15) is 20.3 Å². The molecule has 1 aromatic carbocycles. The number of anilines is 1. The first kappa shape index (κ1) is 15.8. The van der Waals surface area contributed by atoms with Gasteiger partial charge in [-0.2, -0.15) is 0 Å². The monoisotopic (exact) mass is 312 g/mol. The maximum Gasteiger partial charge on any atom is 0.311 e. The van der Waals surface area contributed by atoms with E-state index in [1.54, 1.807) is 12.1 Å². The Morgan fingerprint density at radius 2 is 1.81 bits per heavy atom. The smallest absolute Gasteiger partial charge is 0.311 e. The van der Waals surface area contributed by atoms with Crippen molar-refractivity contribution in [3.8, 4) is 0 Å². The maximum atomic E-state index is 11.8. The van der Waals surface area contributed by atoms with E-state index in [0.717, 1.165) is 12.7 Å². The summed E-state index contributed by atoms with van der Waals surface area (Å²) in [5.74, 6) is 0.852. The summed E-state index contributed by atoms with van der Waals surface area (Å²) in [6, 6.07) is 4.51. The molecule has 2 atom stereocenters. The van der Waals surface area contributed by atoms with Crippen molar-refractivity contribution in [3.63, 3.8) is 0 Å². The average Bonchev–Trinajstić information content (AvgIpc) is 2.35. The second-order valence-electron chi connectivity index (χ2n) is 6.00. The number of hydrogen-bond donors (Lipinski definition) is 0. The standard InChI is InChI=1S/C14H20N2O4S/c1-10-7-11(2)9-15(8-10)12-5-4-6-13(21(3,19)20)14(12)16(17)18/h4-6,10-11H,7-9H2,1-3H3. The van der Waals surface area contributed by atoms with E-state index in [4.69, 9.17) is 0 Å². The molecule has 1 aliphatic heterocycles. The lowest BCUT2D eigenvalue weighted by atomic mass is 9.91. The quantitative estimate of drug-likeness (QED) is 0.632. The predicted octanol–water partition coefficient (Wildman–Crippen LogP) is 2.48. The number of nitro benzene ring substituents is 1. The van der Waals surface area contributed by atoms with Crippen molar-refractivity contribution in [2.45, 2.75) is 25.2 Å². The number of sulfone groups is 1. The Kier molecular flexibility index (Phi) is 4.22. The summed E-state index contributed by atoms with van der Waals surface area (Å²) in [4.78, 5) is 12.5. The zero-order chi connectivity index (χ0) is 15.8. The Morgan fingerprint density at radius 1 is 1.24 bits per heavy atom. The molecule has 0 aliphatic carbocycles. The molecule has 21 heavy (non-hydrogen) atoms. The van der Waals surface area contributed by atoms with Crippen LogP contribution in [0.5, 0.6) is 0 Å². The molecule has 0 bridgehead atoms. The van der Waals surface area contributed by atoms with Crippen molar-refractivity contribution >= 4 is 21.2 Å². The Hall–Kier alpha value is -1.63. The van der Waals surface area contributed by atoms with Gasteiger partial charge < -0.3 is 4.90 Å². The molecule has 7 heteroatoms. The fourth-order valence-corrected chi connectivity index (χ4v) is 3.96.